The van der Waals surface area contributed by atoms with Crippen LogP contribution in [0.2, 0.25) is 0 Å². The Hall–Kier alpha value is -3.47. The number of rotatable bonds is 2. The maximum absolute atomic E-state index is 14.1. The predicted molar refractivity (Wildman–Crippen MR) is 107 cm³/mol. The van der Waals surface area contributed by atoms with Crippen molar-refractivity contribution in [2.75, 3.05) is 31.8 Å². The largest absolute Gasteiger partial charge is 0.486 e. The molecule has 2 atom stereocenters. The van der Waals surface area contributed by atoms with Crippen LogP contribution in [0.1, 0.15) is 22.8 Å². The Balaban J connectivity index is 1.69. The third-order valence-electron chi connectivity index (χ3n) is 5.27. The van der Waals surface area contributed by atoms with Gasteiger partial charge in [0.05, 0.1) is 43.8 Å². The Morgan fingerprint density at radius 3 is 3.03 bits per heavy atom. The smallest absolute Gasteiger partial charge is 0.257 e. The lowest BCUT2D eigenvalue weighted by atomic mass is 10.1. The van der Waals surface area contributed by atoms with E-state index in [1.54, 1.807) is 13.3 Å². The summed E-state index contributed by atoms with van der Waals surface area (Å²) in [7, 11) is 1.60. The number of carbonyl (C=O) groups is 1. The van der Waals surface area contributed by atoms with Crippen molar-refractivity contribution in [2.24, 2.45) is 0 Å². The number of halogens is 1. The number of carbonyl (C=O) groups excluding carboxylic acids is 1. The molecule has 0 aliphatic carbocycles. The lowest BCUT2D eigenvalue weighted by molar-refractivity contribution is 0.0927. The van der Waals surface area contributed by atoms with Gasteiger partial charge in [-0.05, 0) is 13.0 Å². The number of methoxy groups -OCH3 is 1. The van der Waals surface area contributed by atoms with Gasteiger partial charge in [0, 0.05) is 12.7 Å². The SMILES string of the molecule is COC[C@@H]1COc2cn3ncc4c3nc2N1Cc1cc(F)cnc1OC[C@@H](C)NC4=O. The van der Waals surface area contributed by atoms with Gasteiger partial charge in [-0.2, -0.15) is 5.10 Å². The Morgan fingerprint density at radius 2 is 2.19 bits per heavy atom. The quantitative estimate of drug-likeness (QED) is 0.649. The maximum Gasteiger partial charge on any atom is 0.257 e. The summed E-state index contributed by atoms with van der Waals surface area (Å²) in [4.78, 5) is 23.6. The third-order valence-corrected chi connectivity index (χ3v) is 5.27. The summed E-state index contributed by atoms with van der Waals surface area (Å²) < 4.78 is 32.7. The normalized spacial score (nSPS) is 20.7. The molecule has 5 heterocycles. The highest BCUT2D eigenvalue weighted by atomic mass is 19.1. The van der Waals surface area contributed by atoms with Crippen molar-refractivity contribution in [2.45, 2.75) is 25.6 Å². The zero-order chi connectivity index (χ0) is 21.5. The summed E-state index contributed by atoms with van der Waals surface area (Å²) in [6, 6.07) is 0.887. The Labute approximate surface area is 176 Å². The van der Waals surface area contributed by atoms with E-state index in [1.807, 2.05) is 11.8 Å². The molecule has 162 valence electrons. The van der Waals surface area contributed by atoms with Gasteiger partial charge in [-0.25, -0.2) is 18.9 Å². The Morgan fingerprint density at radius 1 is 1.32 bits per heavy atom. The van der Waals surface area contributed by atoms with E-state index in [9.17, 15) is 9.18 Å². The van der Waals surface area contributed by atoms with Gasteiger partial charge < -0.3 is 24.4 Å². The Bertz CT molecular complexity index is 1150. The first kappa shape index (κ1) is 19.5. The van der Waals surface area contributed by atoms with E-state index in [2.05, 4.69) is 15.4 Å². The van der Waals surface area contributed by atoms with Gasteiger partial charge in [0.15, 0.2) is 17.2 Å². The predicted octanol–water partition coefficient (Wildman–Crippen LogP) is 1.19. The molecule has 5 rings (SSSR count). The Kier molecular flexibility index (Phi) is 4.81. The van der Waals surface area contributed by atoms with E-state index < -0.39 is 5.82 Å². The fraction of sp³-hybridized carbons (Fsp3) is 0.400. The number of amides is 1. The second-order valence-corrected chi connectivity index (χ2v) is 7.61. The standard InChI is InChI=1S/C20H21FN6O4/c1-11-8-31-20-12(3-13(21)4-22-20)6-26-14(9-29-2)10-30-16-7-27-17(25-18(16)26)15(5-23-27)19(28)24-11/h3-5,7,11,14H,6,8-10H2,1-2H3,(H,24,28)/t11-,14-/m1/s1. The van der Waals surface area contributed by atoms with Crippen LogP contribution in [0.4, 0.5) is 10.2 Å². The second-order valence-electron chi connectivity index (χ2n) is 7.61. The van der Waals surface area contributed by atoms with Crippen LogP contribution in [0.5, 0.6) is 11.6 Å². The first-order chi connectivity index (χ1) is 15.0. The summed E-state index contributed by atoms with van der Waals surface area (Å²) >= 11 is 0. The highest BCUT2D eigenvalue weighted by Gasteiger charge is 2.32. The molecule has 0 radical (unpaired) electrons. The van der Waals surface area contributed by atoms with Crippen molar-refractivity contribution in [1.29, 1.82) is 0 Å². The molecule has 0 unspecified atom stereocenters. The van der Waals surface area contributed by atoms with Gasteiger partial charge in [-0.3, -0.25) is 4.79 Å². The molecule has 0 saturated heterocycles. The first-order valence-corrected chi connectivity index (χ1v) is 9.88. The van der Waals surface area contributed by atoms with Crippen molar-refractivity contribution < 1.29 is 23.4 Å². The molecule has 1 N–H and O–H groups in total. The number of ether oxygens (including phenoxy) is 3. The van der Waals surface area contributed by atoms with Gasteiger partial charge in [0.25, 0.3) is 5.91 Å². The minimum absolute atomic E-state index is 0.169. The summed E-state index contributed by atoms with van der Waals surface area (Å²) in [5, 5.41) is 7.12. The van der Waals surface area contributed by atoms with Gasteiger partial charge in [0.1, 0.15) is 24.6 Å². The van der Waals surface area contributed by atoms with Gasteiger partial charge in [0.2, 0.25) is 5.88 Å². The molecular formula is C20H21FN6O4. The topological polar surface area (TPSA) is 103 Å². The molecule has 0 spiro atoms. The number of pyridine rings is 1. The lowest BCUT2D eigenvalue weighted by Gasteiger charge is -2.37. The molecular weight excluding hydrogens is 407 g/mol. The fourth-order valence-electron chi connectivity index (χ4n) is 3.78. The average Bonchev–Trinajstić information content (AvgIpc) is 3.16. The van der Waals surface area contributed by atoms with E-state index in [1.165, 1.54) is 16.8 Å². The number of hydrogen-bond acceptors (Lipinski definition) is 8. The molecule has 2 aliphatic rings. The van der Waals surface area contributed by atoms with Crippen molar-refractivity contribution in [3.63, 3.8) is 0 Å². The van der Waals surface area contributed by atoms with E-state index in [0.29, 0.717) is 47.4 Å². The molecule has 3 aromatic heterocycles. The summed E-state index contributed by atoms with van der Waals surface area (Å²) in [6.45, 7) is 2.97. The number of nitrogens with one attached hydrogen (secondary N) is 1. The number of hydrogen-bond donors (Lipinski definition) is 1. The molecule has 31 heavy (non-hydrogen) atoms. The van der Waals surface area contributed by atoms with Crippen LogP contribution in [0.15, 0.2) is 24.7 Å². The van der Waals surface area contributed by atoms with Gasteiger partial charge >= 0.3 is 0 Å². The first-order valence-electron chi connectivity index (χ1n) is 9.88. The molecule has 2 aliphatic heterocycles. The molecule has 10 nitrogen and oxygen atoms in total. The van der Waals surface area contributed by atoms with Crippen molar-refractivity contribution in [1.82, 2.24) is 24.9 Å². The van der Waals surface area contributed by atoms with Crippen molar-refractivity contribution >= 4 is 17.4 Å². The zero-order valence-corrected chi connectivity index (χ0v) is 17.0. The van der Waals surface area contributed by atoms with Crippen LogP contribution in [0.25, 0.3) is 5.65 Å². The average molecular weight is 428 g/mol. The minimum Gasteiger partial charge on any atom is -0.486 e. The van der Waals surface area contributed by atoms with Gasteiger partial charge in [-0.1, -0.05) is 0 Å². The van der Waals surface area contributed by atoms with E-state index in [4.69, 9.17) is 19.2 Å². The van der Waals surface area contributed by atoms with Crippen LogP contribution < -0.4 is 19.7 Å². The number of anilines is 1. The maximum atomic E-state index is 14.1. The number of fused-ring (bicyclic) bond motifs is 1. The zero-order valence-electron chi connectivity index (χ0n) is 17.0. The molecule has 0 aromatic carbocycles. The molecule has 0 fully saturated rings. The fourth-order valence-corrected chi connectivity index (χ4v) is 3.78. The lowest BCUT2D eigenvalue weighted by Crippen LogP contribution is -2.46. The van der Waals surface area contributed by atoms with E-state index in [0.717, 1.165) is 6.20 Å². The highest BCUT2D eigenvalue weighted by Crippen LogP contribution is 2.35. The molecule has 2 bridgehead atoms. The summed E-state index contributed by atoms with van der Waals surface area (Å²) in [5.41, 5.74) is 1.29. The molecule has 0 saturated carbocycles. The highest BCUT2D eigenvalue weighted by molar-refractivity contribution is 6.00. The van der Waals surface area contributed by atoms with Crippen LogP contribution in [0.3, 0.4) is 0 Å². The van der Waals surface area contributed by atoms with Crippen LogP contribution in [-0.2, 0) is 11.3 Å². The number of nitrogens with zero attached hydrogens (tertiary/aromatic N) is 5. The van der Waals surface area contributed by atoms with Gasteiger partial charge in [-0.15, -0.1) is 0 Å². The molecule has 11 heteroatoms. The summed E-state index contributed by atoms with van der Waals surface area (Å²) in [5.74, 6) is 0.533. The third kappa shape index (κ3) is 3.50. The monoisotopic (exact) mass is 428 g/mol. The van der Waals surface area contributed by atoms with Crippen LogP contribution >= 0.6 is 0 Å². The van der Waals surface area contributed by atoms with Crippen molar-refractivity contribution in [3.05, 3.63) is 41.6 Å². The molecule has 1 amide bonds. The summed E-state index contributed by atoms with van der Waals surface area (Å²) in [6.07, 6.45) is 4.27. The van der Waals surface area contributed by atoms with E-state index in [-0.39, 0.29) is 31.1 Å². The number of aromatic nitrogens is 4. The van der Waals surface area contributed by atoms with Crippen LogP contribution in [-0.4, -0.2) is 64.5 Å². The second kappa shape index (κ2) is 7.65. The van der Waals surface area contributed by atoms with E-state index >= 15 is 0 Å². The van der Waals surface area contributed by atoms with Crippen molar-refractivity contribution in [3.8, 4) is 11.6 Å². The molecule has 3 aromatic rings. The minimum atomic E-state index is -0.466. The van der Waals surface area contributed by atoms with Crippen LogP contribution in [0, 0.1) is 5.82 Å².